The topological polar surface area (TPSA) is 77.2 Å². The number of carbonyl (C=O) groups is 1. The van der Waals surface area contributed by atoms with E-state index in [2.05, 4.69) is 10.3 Å². The fourth-order valence-corrected chi connectivity index (χ4v) is 2.74. The first-order valence-electron chi connectivity index (χ1n) is 7.15. The van der Waals surface area contributed by atoms with Gasteiger partial charge in [-0.15, -0.1) is 11.3 Å². The van der Waals surface area contributed by atoms with Gasteiger partial charge in [0.25, 0.3) is 5.91 Å². The van der Waals surface area contributed by atoms with Gasteiger partial charge in [0.05, 0.1) is 6.04 Å². The molecular weight excluding hydrogens is 298 g/mol. The Bertz CT molecular complexity index is 634. The van der Waals surface area contributed by atoms with Crippen LogP contribution in [0, 0.1) is 13.8 Å². The molecule has 2 rings (SSSR count). The molecule has 22 heavy (non-hydrogen) atoms. The van der Waals surface area contributed by atoms with E-state index in [1.807, 2.05) is 39.0 Å². The van der Waals surface area contributed by atoms with E-state index in [-0.39, 0.29) is 11.9 Å². The van der Waals surface area contributed by atoms with Crippen LogP contribution in [-0.4, -0.2) is 23.5 Å². The maximum atomic E-state index is 12.1. The lowest BCUT2D eigenvalue weighted by atomic mass is 10.1. The molecule has 2 aromatic rings. The van der Waals surface area contributed by atoms with Gasteiger partial charge in [-0.2, -0.15) is 0 Å². The average molecular weight is 319 g/mol. The molecule has 5 nitrogen and oxygen atoms in total. The number of nitrogens with two attached hydrogens (primary N) is 1. The number of hydrogen-bond donors (Lipinski definition) is 2. The van der Waals surface area contributed by atoms with Gasteiger partial charge in [0.2, 0.25) is 0 Å². The van der Waals surface area contributed by atoms with E-state index in [1.54, 1.807) is 5.38 Å². The average Bonchev–Trinajstić information content (AvgIpc) is 2.95. The van der Waals surface area contributed by atoms with Gasteiger partial charge >= 0.3 is 0 Å². The number of nitrogens with one attached hydrogen (secondary N) is 1. The molecule has 0 saturated heterocycles. The summed E-state index contributed by atoms with van der Waals surface area (Å²) in [5.41, 5.74) is 8.09. The molecule has 1 aromatic carbocycles. The molecule has 118 valence electrons. The van der Waals surface area contributed by atoms with E-state index >= 15 is 0 Å². The number of aryl methyl sites for hydroxylation is 2. The van der Waals surface area contributed by atoms with E-state index in [9.17, 15) is 4.79 Å². The fraction of sp³-hybridized carbons (Fsp3) is 0.375. The van der Waals surface area contributed by atoms with Crippen LogP contribution in [-0.2, 0) is 6.54 Å². The molecule has 0 aliphatic rings. The van der Waals surface area contributed by atoms with Crippen molar-refractivity contribution in [1.82, 2.24) is 10.3 Å². The van der Waals surface area contributed by atoms with Gasteiger partial charge in [0.15, 0.2) is 0 Å². The third kappa shape index (κ3) is 4.05. The van der Waals surface area contributed by atoms with Gasteiger partial charge < -0.3 is 15.8 Å². The second-order valence-electron chi connectivity index (χ2n) is 5.24. The number of benzene rings is 1. The van der Waals surface area contributed by atoms with Crippen molar-refractivity contribution in [2.24, 2.45) is 5.73 Å². The van der Waals surface area contributed by atoms with Crippen molar-refractivity contribution in [3.63, 3.8) is 0 Å². The monoisotopic (exact) mass is 319 g/mol. The van der Waals surface area contributed by atoms with Crippen molar-refractivity contribution in [1.29, 1.82) is 0 Å². The van der Waals surface area contributed by atoms with Crippen LogP contribution in [0.25, 0.3) is 0 Å². The largest absolute Gasteiger partial charge is 0.491 e. The zero-order valence-electron chi connectivity index (χ0n) is 13.1. The Morgan fingerprint density at radius 2 is 2.09 bits per heavy atom. The number of hydrogen-bond acceptors (Lipinski definition) is 5. The molecule has 0 aliphatic carbocycles. The van der Waals surface area contributed by atoms with Crippen molar-refractivity contribution in [2.45, 2.75) is 33.4 Å². The van der Waals surface area contributed by atoms with Gasteiger partial charge in [0.1, 0.15) is 23.1 Å². The molecular formula is C16H21N3O2S. The van der Waals surface area contributed by atoms with Crippen LogP contribution in [0.5, 0.6) is 5.75 Å². The number of thiazole rings is 1. The Kier molecular flexibility index (Phi) is 5.51. The van der Waals surface area contributed by atoms with Gasteiger partial charge in [0, 0.05) is 11.9 Å². The smallest absolute Gasteiger partial charge is 0.271 e. The van der Waals surface area contributed by atoms with Crippen molar-refractivity contribution in [3.05, 3.63) is 45.4 Å². The number of rotatable bonds is 6. The summed E-state index contributed by atoms with van der Waals surface area (Å²) in [6.45, 7) is 6.68. The van der Waals surface area contributed by atoms with Crippen LogP contribution in [0.3, 0.4) is 0 Å². The molecule has 1 unspecified atom stereocenters. The highest BCUT2D eigenvalue weighted by atomic mass is 32.1. The summed E-state index contributed by atoms with van der Waals surface area (Å²) in [5, 5.41) is 5.36. The van der Waals surface area contributed by atoms with Crippen LogP contribution < -0.4 is 15.8 Å². The van der Waals surface area contributed by atoms with Crippen LogP contribution in [0.4, 0.5) is 0 Å². The molecule has 1 aromatic heterocycles. The number of ether oxygens (including phenoxy) is 1. The Hall–Kier alpha value is -1.92. The van der Waals surface area contributed by atoms with Crippen LogP contribution >= 0.6 is 11.3 Å². The van der Waals surface area contributed by atoms with Crippen LogP contribution in [0.1, 0.15) is 33.5 Å². The number of aromatic nitrogens is 1. The lowest BCUT2D eigenvalue weighted by Crippen LogP contribution is -2.37. The van der Waals surface area contributed by atoms with Gasteiger partial charge in [-0.3, -0.25) is 4.79 Å². The molecule has 0 bridgehead atoms. The molecule has 1 atom stereocenters. The first-order valence-corrected chi connectivity index (χ1v) is 8.03. The summed E-state index contributed by atoms with van der Waals surface area (Å²) in [5.74, 6) is 0.677. The van der Waals surface area contributed by atoms with E-state index in [4.69, 9.17) is 10.5 Å². The predicted octanol–water partition coefficient (Wildman–Crippen LogP) is 2.42. The number of amides is 1. The molecule has 0 spiro atoms. The normalized spacial score (nSPS) is 12.0. The quantitative estimate of drug-likeness (QED) is 0.857. The molecule has 0 fully saturated rings. The summed E-state index contributed by atoms with van der Waals surface area (Å²) < 4.78 is 5.84. The van der Waals surface area contributed by atoms with E-state index in [0.717, 1.165) is 21.9 Å². The first-order chi connectivity index (χ1) is 10.5. The third-order valence-corrected chi connectivity index (χ3v) is 4.09. The SMILES string of the molecule is Cc1cccc(C)c1OCC(C)NC(=O)c1csc(CN)n1. The number of nitrogens with zero attached hydrogens (tertiary/aromatic N) is 1. The summed E-state index contributed by atoms with van der Waals surface area (Å²) in [6, 6.07) is 5.90. The van der Waals surface area contributed by atoms with Crippen LogP contribution in [0.2, 0.25) is 0 Å². The lowest BCUT2D eigenvalue weighted by molar-refractivity contribution is 0.0922. The number of carbonyl (C=O) groups excluding carboxylic acids is 1. The molecule has 0 radical (unpaired) electrons. The molecule has 6 heteroatoms. The molecule has 1 heterocycles. The van der Waals surface area contributed by atoms with E-state index < -0.39 is 0 Å². The molecule has 3 N–H and O–H groups in total. The van der Waals surface area contributed by atoms with Crippen molar-refractivity contribution in [3.8, 4) is 5.75 Å². The van der Waals surface area contributed by atoms with Crippen molar-refractivity contribution < 1.29 is 9.53 Å². The van der Waals surface area contributed by atoms with Crippen LogP contribution in [0.15, 0.2) is 23.6 Å². The third-order valence-electron chi connectivity index (χ3n) is 3.22. The zero-order valence-corrected chi connectivity index (χ0v) is 13.9. The van der Waals surface area contributed by atoms with Gasteiger partial charge in [-0.05, 0) is 31.9 Å². The van der Waals surface area contributed by atoms with Gasteiger partial charge in [-0.25, -0.2) is 4.98 Å². The second-order valence-corrected chi connectivity index (χ2v) is 6.18. The summed E-state index contributed by atoms with van der Waals surface area (Å²) in [6.07, 6.45) is 0. The minimum absolute atomic E-state index is 0.116. The second kappa shape index (κ2) is 7.38. The Labute approximate surface area is 134 Å². The molecule has 0 saturated carbocycles. The minimum Gasteiger partial charge on any atom is -0.491 e. The lowest BCUT2D eigenvalue weighted by Gasteiger charge is -2.17. The van der Waals surface area contributed by atoms with E-state index in [1.165, 1.54) is 11.3 Å². The predicted molar refractivity (Wildman–Crippen MR) is 88.3 cm³/mol. The molecule has 1 amide bonds. The summed E-state index contributed by atoms with van der Waals surface area (Å²) in [7, 11) is 0. The first kappa shape index (κ1) is 16.5. The standard InChI is InChI=1S/C16H21N3O2S/c1-10-5-4-6-11(2)15(10)21-8-12(3)18-16(20)13-9-22-14(7-17)19-13/h4-6,9,12H,7-8,17H2,1-3H3,(H,18,20). The highest BCUT2D eigenvalue weighted by Crippen LogP contribution is 2.22. The maximum Gasteiger partial charge on any atom is 0.271 e. The summed E-state index contributed by atoms with van der Waals surface area (Å²) in [4.78, 5) is 16.2. The maximum absolute atomic E-state index is 12.1. The van der Waals surface area contributed by atoms with E-state index in [0.29, 0.717) is 18.8 Å². The number of para-hydroxylation sites is 1. The fourth-order valence-electron chi connectivity index (χ4n) is 2.08. The van der Waals surface area contributed by atoms with Gasteiger partial charge in [-0.1, -0.05) is 18.2 Å². The highest BCUT2D eigenvalue weighted by Gasteiger charge is 2.14. The zero-order chi connectivity index (χ0) is 16.1. The summed E-state index contributed by atoms with van der Waals surface area (Å²) >= 11 is 1.39. The Morgan fingerprint density at radius 3 is 2.68 bits per heavy atom. The Balaban J connectivity index is 1.90. The van der Waals surface area contributed by atoms with Crippen molar-refractivity contribution in [2.75, 3.05) is 6.61 Å². The molecule has 0 aliphatic heterocycles. The highest BCUT2D eigenvalue weighted by molar-refractivity contribution is 7.09. The Morgan fingerprint density at radius 1 is 1.41 bits per heavy atom. The minimum atomic E-state index is -0.200. The van der Waals surface area contributed by atoms with Crippen molar-refractivity contribution >= 4 is 17.2 Å².